The zero-order chi connectivity index (χ0) is 17.0. The third kappa shape index (κ3) is 4.71. The molecule has 1 amide bonds. The van der Waals surface area contributed by atoms with Gasteiger partial charge >= 0.3 is 5.97 Å². The first-order chi connectivity index (χ1) is 10.9. The van der Waals surface area contributed by atoms with Crippen molar-refractivity contribution < 1.29 is 19.1 Å². The van der Waals surface area contributed by atoms with Crippen LogP contribution in [0.1, 0.15) is 44.0 Å². The van der Waals surface area contributed by atoms with E-state index in [1.807, 2.05) is 26.0 Å². The third-order valence-electron chi connectivity index (χ3n) is 3.80. The average molecular weight is 319 g/mol. The van der Waals surface area contributed by atoms with Crippen molar-refractivity contribution in [3.8, 4) is 5.75 Å². The van der Waals surface area contributed by atoms with Crippen molar-refractivity contribution >= 4 is 11.9 Å². The average Bonchev–Trinajstić information content (AvgIpc) is 3.35. The molecule has 1 atom stereocenters. The van der Waals surface area contributed by atoms with Crippen LogP contribution >= 0.6 is 0 Å². The van der Waals surface area contributed by atoms with Crippen molar-refractivity contribution in [1.82, 2.24) is 4.90 Å². The minimum Gasteiger partial charge on any atom is -0.491 e. The molecule has 0 N–H and O–H groups in total. The van der Waals surface area contributed by atoms with Gasteiger partial charge < -0.3 is 14.4 Å². The van der Waals surface area contributed by atoms with Gasteiger partial charge in [-0.25, -0.2) is 0 Å². The standard InChI is InChI=1S/C18H25NO4/c1-12(2)23-16-9-5-14(6-10-16)17(20)19(15-7-8-15)11-13(3)18(21)22-4/h5-6,9-10,12-13,15H,7-8,11H2,1-4H3. The summed E-state index contributed by atoms with van der Waals surface area (Å²) >= 11 is 0. The molecule has 0 bridgehead atoms. The number of amides is 1. The summed E-state index contributed by atoms with van der Waals surface area (Å²) in [6.07, 6.45) is 2.09. The van der Waals surface area contributed by atoms with Gasteiger partial charge in [-0.15, -0.1) is 0 Å². The molecule has 0 aromatic heterocycles. The lowest BCUT2D eigenvalue weighted by atomic mass is 10.1. The molecule has 1 unspecified atom stereocenters. The van der Waals surface area contributed by atoms with Crippen LogP contribution in [0, 0.1) is 5.92 Å². The smallest absolute Gasteiger partial charge is 0.310 e. The number of esters is 1. The van der Waals surface area contributed by atoms with Gasteiger partial charge in [0.05, 0.1) is 19.1 Å². The molecule has 23 heavy (non-hydrogen) atoms. The van der Waals surface area contributed by atoms with Crippen LogP contribution in [0.15, 0.2) is 24.3 Å². The Morgan fingerprint density at radius 1 is 1.17 bits per heavy atom. The molecule has 5 heteroatoms. The van der Waals surface area contributed by atoms with Crippen LogP contribution in [-0.2, 0) is 9.53 Å². The van der Waals surface area contributed by atoms with Gasteiger partial charge in [-0.05, 0) is 51.0 Å². The van der Waals surface area contributed by atoms with Crippen molar-refractivity contribution in [2.24, 2.45) is 5.92 Å². The summed E-state index contributed by atoms with van der Waals surface area (Å²) in [5.41, 5.74) is 0.616. The maximum Gasteiger partial charge on any atom is 0.310 e. The van der Waals surface area contributed by atoms with E-state index in [9.17, 15) is 9.59 Å². The molecule has 1 saturated carbocycles. The summed E-state index contributed by atoms with van der Waals surface area (Å²) in [7, 11) is 1.37. The number of rotatable bonds is 7. The summed E-state index contributed by atoms with van der Waals surface area (Å²) < 4.78 is 10.4. The molecule has 1 aromatic rings. The van der Waals surface area contributed by atoms with Gasteiger partial charge in [-0.2, -0.15) is 0 Å². The van der Waals surface area contributed by atoms with E-state index in [1.165, 1.54) is 7.11 Å². The first-order valence-corrected chi connectivity index (χ1v) is 8.08. The van der Waals surface area contributed by atoms with Crippen molar-refractivity contribution in [3.63, 3.8) is 0 Å². The second-order valence-electron chi connectivity index (χ2n) is 6.30. The zero-order valence-electron chi connectivity index (χ0n) is 14.2. The summed E-state index contributed by atoms with van der Waals surface area (Å²) in [6, 6.07) is 7.40. The molecular weight excluding hydrogens is 294 g/mol. The Balaban J connectivity index is 2.07. The second kappa shape index (κ2) is 7.49. The van der Waals surface area contributed by atoms with Crippen LogP contribution in [0.4, 0.5) is 0 Å². The van der Waals surface area contributed by atoms with Crippen molar-refractivity contribution in [2.45, 2.75) is 45.8 Å². The number of methoxy groups -OCH3 is 1. The van der Waals surface area contributed by atoms with Crippen molar-refractivity contribution in [1.29, 1.82) is 0 Å². The van der Waals surface area contributed by atoms with Gasteiger partial charge in [0.25, 0.3) is 5.91 Å². The highest BCUT2D eigenvalue weighted by Gasteiger charge is 2.35. The van der Waals surface area contributed by atoms with Crippen LogP contribution in [0.2, 0.25) is 0 Å². The van der Waals surface area contributed by atoms with Crippen LogP contribution < -0.4 is 4.74 Å². The number of benzene rings is 1. The van der Waals surface area contributed by atoms with Gasteiger partial charge in [0, 0.05) is 18.2 Å². The molecule has 126 valence electrons. The van der Waals surface area contributed by atoms with Gasteiger partial charge in [0.15, 0.2) is 0 Å². The molecule has 0 heterocycles. The minimum absolute atomic E-state index is 0.0423. The van der Waals surface area contributed by atoms with Gasteiger partial charge in [0.2, 0.25) is 0 Å². The normalized spacial score (nSPS) is 15.2. The highest BCUT2D eigenvalue weighted by Crippen LogP contribution is 2.29. The Morgan fingerprint density at radius 2 is 1.78 bits per heavy atom. The Hall–Kier alpha value is -2.04. The summed E-state index contributed by atoms with van der Waals surface area (Å²) in [5.74, 6) is 0.0917. The molecule has 1 aliphatic rings. The lowest BCUT2D eigenvalue weighted by Crippen LogP contribution is -2.38. The van der Waals surface area contributed by atoms with E-state index in [4.69, 9.17) is 9.47 Å². The fraction of sp³-hybridized carbons (Fsp3) is 0.556. The maximum atomic E-state index is 12.7. The van der Waals surface area contributed by atoms with Gasteiger partial charge in [0.1, 0.15) is 5.75 Å². The third-order valence-corrected chi connectivity index (χ3v) is 3.80. The monoisotopic (exact) mass is 319 g/mol. The van der Waals surface area contributed by atoms with Crippen molar-refractivity contribution in [2.75, 3.05) is 13.7 Å². The molecule has 1 aromatic carbocycles. The number of hydrogen-bond donors (Lipinski definition) is 0. The molecule has 0 saturated heterocycles. The molecule has 5 nitrogen and oxygen atoms in total. The van der Waals surface area contributed by atoms with E-state index in [2.05, 4.69) is 0 Å². The molecule has 0 spiro atoms. The number of carbonyl (C=O) groups is 2. The van der Waals surface area contributed by atoms with Crippen LogP contribution in [0.5, 0.6) is 5.75 Å². The highest BCUT2D eigenvalue weighted by atomic mass is 16.5. The Morgan fingerprint density at radius 3 is 2.26 bits per heavy atom. The number of nitrogens with zero attached hydrogens (tertiary/aromatic N) is 1. The minimum atomic E-state index is -0.326. The molecule has 0 aliphatic heterocycles. The number of hydrogen-bond acceptors (Lipinski definition) is 4. The SMILES string of the molecule is COC(=O)C(C)CN(C(=O)c1ccc(OC(C)C)cc1)C1CC1. The quantitative estimate of drug-likeness (QED) is 0.725. The van der Waals surface area contributed by atoms with E-state index in [0.717, 1.165) is 18.6 Å². The van der Waals surface area contributed by atoms with E-state index >= 15 is 0 Å². The highest BCUT2D eigenvalue weighted by molar-refractivity contribution is 5.95. The van der Waals surface area contributed by atoms with E-state index in [-0.39, 0.29) is 29.9 Å². The molecule has 1 fully saturated rings. The van der Waals surface area contributed by atoms with E-state index < -0.39 is 0 Å². The first kappa shape index (κ1) is 17.3. The number of ether oxygens (including phenoxy) is 2. The fourth-order valence-electron chi connectivity index (χ4n) is 2.47. The van der Waals surface area contributed by atoms with Crippen molar-refractivity contribution in [3.05, 3.63) is 29.8 Å². The first-order valence-electron chi connectivity index (χ1n) is 8.08. The number of carbonyl (C=O) groups excluding carboxylic acids is 2. The van der Waals surface area contributed by atoms with E-state index in [1.54, 1.807) is 24.0 Å². The Kier molecular flexibility index (Phi) is 5.64. The molecule has 1 aliphatic carbocycles. The summed E-state index contributed by atoms with van der Waals surface area (Å²) in [6.45, 7) is 6.10. The summed E-state index contributed by atoms with van der Waals surface area (Å²) in [4.78, 5) is 26.2. The zero-order valence-corrected chi connectivity index (χ0v) is 14.2. The lowest BCUT2D eigenvalue weighted by Gasteiger charge is -2.25. The topological polar surface area (TPSA) is 55.8 Å². The predicted octanol–water partition coefficient (Wildman–Crippen LogP) is 2.89. The second-order valence-corrected chi connectivity index (χ2v) is 6.30. The lowest BCUT2D eigenvalue weighted by molar-refractivity contribution is -0.145. The largest absolute Gasteiger partial charge is 0.491 e. The fourth-order valence-corrected chi connectivity index (χ4v) is 2.47. The van der Waals surface area contributed by atoms with Crippen LogP contribution in [-0.4, -0.2) is 42.6 Å². The molecular formula is C18H25NO4. The van der Waals surface area contributed by atoms with Gasteiger partial charge in [-0.3, -0.25) is 9.59 Å². The molecule has 2 rings (SSSR count). The van der Waals surface area contributed by atoms with Crippen LogP contribution in [0.25, 0.3) is 0 Å². The van der Waals surface area contributed by atoms with Crippen LogP contribution in [0.3, 0.4) is 0 Å². The summed E-state index contributed by atoms with van der Waals surface area (Å²) in [5, 5.41) is 0. The Labute approximate surface area is 137 Å². The van der Waals surface area contributed by atoms with E-state index in [0.29, 0.717) is 12.1 Å². The van der Waals surface area contributed by atoms with Gasteiger partial charge in [-0.1, -0.05) is 6.92 Å². The predicted molar refractivity (Wildman–Crippen MR) is 87.4 cm³/mol. The molecule has 0 radical (unpaired) electrons. The maximum absolute atomic E-state index is 12.7. The Bertz CT molecular complexity index is 549.